The minimum absolute atomic E-state index is 0.218. The van der Waals surface area contributed by atoms with Crippen molar-refractivity contribution in [2.45, 2.75) is 13.5 Å². The van der Waals surface area contributed by atoms with Crippen molar-refractivity contribution >= 4 is 34.4 Å². The summed E-state index contributed by atoms with van der Waals surface area (Å²) in [6.45, 7) is 2.48. The average molecular weight is 438 g/mol. The summed E-state index contributed by atoms with van der Waals surface area (Å²) in [5.41, 5.74) is 2.06. The zero-order valence-electron chi connectivity index (χ0n) is 16.2. The topological polar surface area (TPSA) is 88.9 Å². The molecule has 30 heavy (non-hydrogen) atoms. The number of nitrogens with one attached hydrogen (secondary N) is 2. The number of hydrogen-bond acceptors (Lipinski definition) is 6. The number of para-hydroxylation sites is 1. The molecule has 9 heteroatoms. The van der Waals surface area contributed by atoms with Crippen LogP contribution >= 0.6 is 22.7 Å². The van der Waals surface area contributed by atoms with Gasteiger partial charge in [0.15, 0.2) is 0 Å². The normalized spacial score (nSPS) is 10.7. The van der Waals surface area contributed by atoms with E-state index in [0.717, 1.165) is 20.5 Å². The van der Waals surface area contributed by atoms with Crippen LogP contribution in [0.2, 0.25) is 0 Å². The first-order valence-corrected chi connectivity index (χ1v) is 11.0. The smallest absolute Gasteiger partial charge is 0.319 e. The fraction of sp³-hybridized carbons (Fsp3) is 0.143. The number of urea groups is 1. The quantitative estimate of drug-likeness (QED) is 0.473. The molecule has 0 bridgehead atoms. The summed E-state index contributed by atoms with van der Waals surface area (Å²) in [4.78, 5) is 30.9. The molecule has 0 atom stereocenters. The van der Waals surface area contributed by atoms with Gasteiger partial charge in [0.1, 0.15) is 10.7 Å². The highest BCUT2D eigenvalue weighted by Crippen LogP contribution is 2.35. The van der Waals surface area contributed by atoms with E-state index in [9.17, 15) is 9.59 Å². The van der Waals surface area contributed by atoms with E-state index in [0.29, 0.717) is 11.4 Å². The Morgan fingerprint density at radius 2 is 1.93 bits per heavy atom. The van der Waals surface area contributed by atoms with E-state index in [-0.39, 0.29) is 24.7 Å². The molecule has 2 N–H and O–H groups in total. The lowest BCUT2D eigenvalue weighted by molar-refractivity contribution is 0.251. The molecule has 0 fully saturated rings. The second kappa shape index (κ2) is 9.02. The number of nitrogens with zero attached hydrogens (tertiary/aromatic N) is 3. The third kappa shape index (κ3) is 4.64. The molecule has 3 heterocycles. The minimum atomic E-state index is -0.329. The van der Waals surface area contributed by atoms with Crippen molar-refractivity contribution in [3.8, 4) is 20.5 Å². The molecule has 4 rings (SSSR count). The lowest BCUT2D eigenvalue weighted by atomic mass is 10.3. The number of thiophene rings is 1. The van der Waals surface area contributed by atoms with E-state index in [4.69, 9.17) is 0 Å². The third-order valence-electron chi connectivity index (χ3n) is 4.27. The number of amides is 2. The van der Waals surface area contributed by atoms with E-state index < -0.39 is 0 Å². The third-order valence-corrected chi connectivity index (χ3v) is 6.49. The number of carbonyl (C=O) groups is 1. The first-order valence-electron chi connectivity index (χ1n) is 9.30. The Bertz CT molecular complexity index is 1200. The summed E-state index contributed by atoms with van der Waals surface area (Å²) >= 11 is 3.20. The van der Waals surface area contributed by atoms with Crippen LogP contribution in [0.25, 0.3) is 20.5 Å². The number of anilines is 1. The molecule has 0 radical (unpaired) electrons. The first-order chi connectivity index (χ1) is 14.6. The minimum Gasteiger partial charge on any atom is -0.336 e. The highest BCUT2D eigenvalue weighted by atomic mass is 32.1. The van der Waals surface area contributed by atoms with Gasteiger partial charge in [-0.1, -0.05) is 24.3 Å². The number of thiazole rings is 1. The van der Waals surface area contributed by atoms with Crippen LogP contribution in [0, 0.1) is 6.92 Å². The summed E-state index contributed by atoms with van der Waals surface area (Å²) in [6, 6.07) is 16.1. The van der Waals surface area contributed by atoms with Gasteiger partial charge in [-0.15, -0.1) is 22.7 Å². The highest BCUT2D eigenvalue weighted by Gasteiger charge is 2.14. The molecule has 0 spiro atoms. The number of carbonyl (C=O) groups excluding carboxylic acids is 1. The second-order valence-electron chi connectivity index (χ2n) is 6.44. The Morgan fingerprint density at radius 1 is 1.10 bits per heavy atom. The van der Waals surface area contributed by atoms with Gasteiger partial charge in [-0.05, 0) is 36.6 Å². The molecule has 0 saturated heterocycles. The van der Waals surface area contributed by atoms with E-state index in [1.165, 1.54) is 10.7 Å². The van der Waals surface area contributed by atoms with Gasteiger partial charge >= 0.3 is 6.03 Å². The molecule has 0 aliphatic carbocycles. The van der Waals surface area contributed by atoms with Crippen LogP contribution in [0.4, 0.5) is 10.5 Å². The molecule has 0 aliphatic heterocycles. The fourth-order valence-corrected chi connectivity index (χ4v) is 4.67. The van der Waals surface area contributed by atoms with Crippen molar-refractivity contribution in [3.63, 3.8) is 0 Å². The SMILES string of the molecule is Cc1nc(-c2cccs2)sc1-c1ccc(=O)n(CCNC(=O)Nc2ccccc2)n1. The monoisotopic (exact) mass is 437 g/mol. The van der Waals surface area contributed by atoms with E-state index in [1.54, 1.807) is 40.9 Å². The van der Waals surface area contributed by atoms with Crippen LogP contribution in [0.3, 0.4) is 0 Å². The number of hydrogen-bond donors (Lipinski definition) is 2. The summed E-state index contributed by atoms with van der Waals surface area (Å²) in [5, 5.41) is 12.9. The maximum Gasteiger partial charge on any atom is 0.319 e. The van der Waals surface area contributed by atoms with E-state index in [2.05, 4.69) is 20.7 Å². The molecule has 4 aromatic rings. The molecular formula is C21H19N5O2S2. The Labute approximate surface area is 181 Å². The van der Waals surface area contributed by atoms with Gasteiger partial charge in [0, 0.05) is 18.3 Å². The molecular weight excluding hydrogens is 418 g/mol. The molecule has 0 unspecified atom stereocenters. The summed E-state index contributed by atoms with van der Waals surface area (Å²) in [6.07, 6.45) is 0. The second-order valence-corrected chi connectivity index (χ2v) is 8.38. The molecule has 0 saturated carbocycles. The number of benzene rings is 1. The van der Waals surface area contributed by atoms with Gasteiger partial charge in [0.2, 0.25) is 0 Å². The van der Waals surface area contributed by atoms with Gasteiger partial charge < -0.3 is 10.6 Å². The van der Waals surface area contributed by atoms with Gasteiger partial charge in [-0.3, -0.25) is 4.79 Å². The number of rotatable bonds is 6. The number of aryl methyl sites for hydroxylation is 1. The largest absolute Gasteiger partial charge is 0.336 e. The Morgan fingerprint density at radius 3 is 2.70 bits per heavy atom. The van der Waals surface area contributed by atoms with Crippen LogP contribution in [0.1, 0.15) is 5.69 Å². The number of aromatic nitrogens is 3. The maximum atomic E-state index is 12.2. The van der Waals surface area contributed by atoms with Gasteiger partial charge in [-0.2, -0.15) is 5.10 Å². The van der Waals surface area contributed by atoms with Crippen LogP contribution in [-0.2, 0) is 6.54 Å². The van der Waals surface area contributed by atoms with E-state index >= 15 is 0 Å². The van der Waals surface area contributed by atoms with Crippen molar-refractivity contribution < 1.29 is 4.79 Å². The lowest BCUT2D eigenvalue weighted by Crippen LogP contribution is -2.34. The zero-order valence-corrected chi connectivity index (χ0v) is 17.8. The summed E-state index contributed by atoms with van der Waals surface area (Å²) in [7, 11) is 0. The average Bonchev–Trinajstić information content (AvgIpc) is 3.40. The van der Waals surface area contributed by atoms with Crippen LogP contribution in [-0.4, -0.2) is 27.3 Å². The predicted molar refractivity (Wildman–Crippen MR) is 121 cm³/mol. The van der Waals surface area contributed by atoms with Crippen molar-refractivity contribution in [2.24, 2.45) is 0 Å². The predicted octanol–water partition coefficient (Wildman–Crippen LogP) is 4.23. The molecule has 2 amide bonds. The first kappa shape index (κ1) is 20.0. The standard InChI is InChI=1S/C21H19N5O2S2/c1-14-19(30-20(23-14)17-8-5-13-29-17)16-9-10-18(27)26(25-16)12-11-22-21(28)24-15-6-3-2-4-7-15/h2-10,13H,11-12H2,1H3,(H2,22,24,28). The Kier molecular flexibility index (Phi) is 6.01. The lowest BCUT2D eigenvalue weighted by Gasteiger charge is -2.09. The van der Waals surface area contributed by atoms with E-state index in [1.807, 2.05) is 42.6 Å². The van der Waals surface area contributed by atoms with Crippen molar-refractivity contribution in [3.05, 3.63) is 76.0 Å². The van der Waals surface area contributed by atoms with Crippen molar-refractivity contribution in [2.75, 3.05) is 11.9 Å². The molecule has 1 aromatic carbocycles. The molecule has 7 nitrogen and oxygen atoms in total. The fourth-order valence-electron chi connectivity index (χ4n) is 2.84. The van der Waals surface area contributed by atoms with Gasteiger partial charge in [0.25, 0.3) is 5.56 Å². The van der Waals surface area contributed by atoms with Gasteiger partial charge in [0.05, 0.1) is 22.0 Å². The molecule has 3 aromatic heterocycles. The molecule has 0 aliphatic rings. The van der Waals surface area contributed by atoms with Crippen LogP contribution in [0.15, 0.2) is 64.8 Å². The zero-order chi connectivity index (χ0) is 20.9. The highest BCUT2D eigenvalue weighted by molar-refractivity contribution is 7.23. The van der Waals surface area contributed by atoms with Crippen molar-refractivity contribution in [1.29, 1.82) is 0 Å². The van der Waals surface area contributed by atoms with Gasteiger partial charge in [-0.25, -0.2) is 14.5 Å². The summed E-state index contributed by atoms with van der Waals surface area (Å²) < 4.78 is 1.36. The van der Waals surface area contributed by atoms with Crippen LogP contribution in [0.5, 0.6) is 0 Å². The Hall–Kier alpha value is -3.30. The van der Waals surface area contributed by atoms with Crippen LogP contribution < -0.4 is 16.2 Å². The summed E-state index contributed by atoms with van der Waals surface area (Å²) in [5.74, 6) is 0. The molecule has 152 valence electrons. The Balaban J connectivity index is 1.44. The maximum absolute atomic E-state index is 12.2. The van der Waals surface area contributed by atoms with Crippen molar-refractivity contribution in [1.82, 2.24) is 20.1 Å².